The Morgan fingerprint density at radius 1 is 1.25 bits per heavy atom. The highest BCUT2D eigenvalue weighted by molar-refractivity contribution is 5.87. The summed E-state index contributed by atoms with van der Waals surface area (Å²) in [5.41, 5.74) is -0.633. The van der Waals surface area contributed by atoms with E-state index in [0.717, 1.165) is 38.8 Å². The van der Waals surface area contributed by atoms with Crippen LogP contribution in [-0.4, -0.2) is 49.9 Å². The molecule has 1 unspecified atom stereocenters. The van der Waals surface area contributed by atoms with E-state index in [4.69, 9.17) is 0 Å². The normalized spacial score (nSPS) is 29.2. The number of hydrogen-bond donors (Lipinski definition) is 2. The summed E-state index contributed by atoms with van der Waals surface area (Å²) in [7, 11) is 1.67. The van der Waals surface area contributed by atoms with Gasteiger partial charge in [0.2, 0.25) is 11.8 Å². The van der Waals surface area contributed by atoms with E-state index in [2.05, 4.69) is 17.6 Å². The minimum absolute atomic E-state index is 0.0451. The Labute approximate surface area is 121 Å². The van der Waals surface area contributed by atoms with Crippen molar-refractivity contribution < 1.29 is 9.59 Å². The van der Waals surface area contributed by atoms with Crippen molar-refractivity contribution in [2.75, 3.05) is 33.2 Å². The Hall–Kier alpha value is -1.10. The van der Waals surface area contributed by atoms with Crippen LogP contribution in [0.15, 0.2) is 0 Å². The first-order valence-corrected chi connectivity index (χ1v) is 7.70. The second-order valence-corrected chi connectivity index (χ2v) is 6.50. The predicted octanol–water partition coefficient (Wildman–Crippen LogP) is 0.751. The van der Waals surface area contributed by atoms with E-state index in [1.165, 1.54) is 0 Å². The molecule has 1 atom stereocenters. The maximum absolute atomic E-state index is 12.9. The van der Waals surface area contributed by atoms with Gasteiger partial charge in [0.15, 0.2) is 0 Å². The summed E-state index contributed by atoms with van der Waals surface area (Å²) in [6, 6.07) is 0. The van der Waals surface area contributed by atoms with Crippen molar-refractivity contribution in [2.45, 2.75) is 39.5 Å². The van der Waals surface area contributed by atoms with Crippen LogP contribution in [0, 0.1) is 10.8 Å². The lowest BCUT2D eigenvalue weighted by Crippen LogP contribution is -2.49. The zero-order valence-corrected chi connectivity index (χ0v) is 12.9. The summed E-state index contributed by atoms with van der Waals surface area (Å²) < 4.78 is 0. The number of rotatable bonds is 3. The van der Waals surface area contributed by atoms with Gasteiger partial charge in [0.1, 0.15) is 0 Å². The Kier molecular flexibility index (Phi) is 4.37. The molecule has 2 aliphatic heterocycles. The molecule has 2 N–H and O–H groups in total. The first-order chi connectivity index (χ1) is 9.47. The van der Waals surface area contributed by atoms with Crippen LogP contribution in [0.2, 0.25) is 0 Å². The highest BCUT2D eigenvalue weighted by Crippen LogP contribution is 2.38. The second-order valence-electron chi connectivity index (χ2n) is 6.50. The molecular formula is C15H27N3O2. The monoisotopic (exact) mass is 281 g/mol. The maximum Gasteiger partial charge on any atom is 0.228 e. The van der Waals surface area contributed by atoms with E-state index in [1.54, 1.807) is 7.05 Å². The molecule has 5 nitrogen and oxygen atoms in total. The summed E-state index contributed by atoms with van der Waals surface area (Å²) in [6.45, 7) is 7.16. The first-order valence-electron chi connectivity index (χ1n) is 7.70. The Bertz CT molecular complexity index is 391. The van der Waals surface area contributed by atoms with Crippen molar-refractivity contribution in [1.82, 2.24) is 15.5 Å². The van der Waals surface area contributed by atoms with Crippen molar-refractivity contribution in [3.8, 4) is 0 Å². The van der Waals surface area contributed by atoms with Crippen LogP contribution in [0.3, 0.4) is 0 Å². The van der Waals surface area contributed by atoms with Crippen molar-refractivity contribution in [2.24, 2.45) is 10.8 Å². The molecular weight excluding hydrogens is 254 g/mol. The van der Waals surface area contributed by atoms with Gasteiger partial charge in [-0.2, -0.15) is 0 Å². The zero-order valence-electron chi connectivity index (χ0n) is 12.9. The summed E-state index contributed by atoms with van der Waals surface area (Å²) in [5, 5.41) is 6.05. The molecule has 0 spiro atoms. The highest BCUT2D eigenvalue weighted by Gasteiger charge is 2.47. The number of likely N-dealkylation sites (tertiary alicyclic amines) is 1. The molecule has 0 aliphatic carbocycles. The third-order valence-electron chi connectivity index (χ3n) is 5.23. The van der Waals surface area contributed by atoms with Gasteiger partial charge in [-0.05, 0) is 45.7 Å². The summed E-state index contributed by atoms with van der Waals surface area (Å²) >= 11 is 0. The summed E-state index contributed by atoms with van der Waals surface area (Å²) in [6.07, 6.45) is 3.47. The molecule has 0 aromatic carbocycles. The molecule has 0 aromatic rings. The topological polar surface area (TPSA) is 61.4 Å². The molecule has 20 heavy (non-hydrogen) atoms. The maximum atomic E-state index is 12.9. The molecule has 0 bridgehead atoms. The van der Waals surface area contributed by atoms with Crippen LogP contribution in [0.1, 0.15) is 39.5 Å². The fourth-order valence-electron chi connectivity index (χ4n) is 3.58. The standard InChI is InChI=1S/C15H27N3O2/c1-4-15(5-8-17-9-6-15)13(20)18-10-7-14(2,11-18)12(19)16-3/h17H,4-11H2,1-3H3,(H,16,19). The number of nitrogens with one attached hydrogen (secondary N) is 2. The van der Waals surface area contributed by atoms with Gasteiger partial charge in [-0.1, -0.05) is 6.92 Å². The molecule has 2 saturated heterocycles. The summed E-state index contributed by atoms with van der Waals surface area (Å²) in [4.78, 5) is 26.8. The molecule has 2 heterocycles. The van der Waals surface area contributed by atoms with Crippen molar-refractivity contribution in [3.05, 3.63) is 0 Å². The van der Waals surface area contributed by atoms with E-state index in [1.807, 2.05) is 11.8 Å². The minimum atomic E-state index is -0.424. The van der Waals surface area contributed by atoms with Crippen LogP contribution in [0.4, 0.5) is 0 Å². The number of nitrogens with zero attached hydrogens (tertiary/aromatic N) is 1. The fourth-order valence-corrected chi connectivity index (χ4v) is 3.58. The van der Waals surface area contributed by atoms with E-state index in [-0.39, 0.29) is 17.2 Å². The lowest BCUT2D eigenvalue weighted by atomic mass is 9.75. The largest absolute Gasteiger partial charge is 0.359 e. The average Bonchev–Trinajstić information content (AvgIpc) is 2.90. The highest BCUT2D eigenvalue weighted by atomic mass is 16.2. The first kappa shape index (κ1) is 15.3. The zero-order chi connectivity index (χ0) is 14.8. The van der Waals surface area contributed by atoms with E-state index in [9.17, 15) is 9.59 Å². The van der Waals surface area contributed by atoms with Gasteiger partial charge in [0.05, 0.1) is 10.8 Å². The Balaban J connectivity index is 2.09. The Morgan fingerprint density at radius 2 is 1.90 bits per heavy atom. The van der Waals surface area contributed by atoms with Crippen LogP contribution >= 0.6 is 0 Å². The number of carbonyl (C=O) groups excluding carboxylic acids is 2. The van der Waals surface area contributed by atoms with E-state index in [0.29, 0.717) is 13.1 Å². The third kappa shape index (κ3) is 2.55. The van der Waals surface area contributed by atoms with Gasteiger partial charge in [-0.15, -0.1) is 0 Å². The van der Waals surface area contributed by atoms with Gasteiger partial charge in [0.25, 0.3) is 0 Å². The number of carbonyl (C=O) groups is 2. The second kappa shape index (κ2) is 5.72. The molecule has 0 radical (unpaired) electrons. The molecule has 5 heteroatoms. The fraction of sp³-hybridized carbons (Fsp3) is 0.867. The quantitative estimate of drug-likeness (QED) is 0.802. The minimum Gasteiger partial charge on any atom is -0.359 e. The predicted molar refractivity (Wildman–Crippen MR) is 78.2 cm³/mol. The van der Waals surface area contributed by atoms with Crippen LogP contribution in [0.25, 0.3) is 0 Å². The Morgan fingerprint density at radius 3 is 2.45 bits per heavy atom. The van der Waals surface area contributed by atoms with Crippen LogP contribution in [-0.2, 0) is 9.59 Å². The molecule has 2 amide bonds. The van der Waals surface area contributed by atoms with Gasteiger partial charge in [-0.3, -0.25) is 9.59 Å². The van der Waals surface area contributed by atoms with Crippen molar-refractivity contribution in [3.63, 3.8) is 0 Å². The van der Waals surface area contributed by atoms with Gasteiger partial charge < -0.3 is 15.5 Å². The van der Waals surface area contributed by atoms with Gasteiger partial charge in [-0.25, -0.2) is 0 Å². The molecule has 2 rings (SSSR count). The van der Waals surface area contributed by atoms with Gasteiger partial charge >= 0.3 is 0 Å². The molecule has 114 valence electrons. The molecule has 2 aliphatic rings. The van der Waals surface area contributed by atoms with Crippen LogP contribution < -0.4 is 10.6 Å². The number of piperidine rings is 1. The third-order valence-corrected chi connectivity index (χ3v) is 5.23. The van der Waals surface area contributed by atoms with E-state index >= 15 is 0 Å². The SMILES string of the molecule is CCC1(C(=O)N2CCC(C)(C(=O)NC)C2)CCNCC1. The average molecular weight is 281 g/mol. The molecule has 0 saturated carbocycles. The number of hydrogen-bond acceptors (Lipinski definition) is 3. The summed E-state index contributed by atoms with van der Waals surface area (Å²) in [5.74, 6) is 0.304. The smallest absolute Gasteiger partial charge is 0.228 e. The molecule has 0 aromatic heterocycles. The van der Waals surface area contributed by atoms with Gasteiger partial charge in [0, 0.05) is 20.1 Å². The lowest BCUT2D eigenvalue weighted by molar-refractivity contribution is -0.143. The van der Waals surface area contributed by atoms with E-state index < -0.39 is 5.41 Å². The lowest BCUT2D eigenvalue weighted by Gasteiger charge is -2.38. The van der Waals surface area contributed by atoms with Crippen molar-refractivity contribution >= 4 is 11.8 Å². The van der Waals surface area contributed by atoms with Crippen LogP contribution in [0.5, 0.6) is 0 Å². The van der Waals surface area contributed by atoms with Crippen molar-refractivity contribution in [1.29, 1.82) is 0 Å². The molecule has 2 fully saturated rings. The number of amides is 2.